The highest BCUT2D eigenvalue weighted by Gasteiger charge is 2.37. The molecule has 0 aliphatic carbocycles. The molecule has 1 N–H and O–H groups in total. The van der Waals surface area contributed by atoms with Gasteiger partial charge in [0.05, 0.1) is 31.1 Å². The standard InChI is InChI=1S/C14H15ClN2O2/c15-12-3-1-11(2-4-12)9-13(18)17-8-6-14(19,10-17)5-7-16/h1-4,19H,5-6,8-10H2. The molecule has 1 heterocycles. The van der Waals surface area contributed by atoms with E-state index in [0.29, 0.717) is 24.4 Å². The average Bonchev–Trinajstić information content (AvgIpc) is 2.75. The Morgan fingerprint density at radius 2 is 2.16 bits per heavy atom. The molecule has 1 unspecified atom stereocenters. The molecular weight excluding hydrogens is 264 g/mol. The Bertz CT molecular complexity index is 509. The van der Waals surface area contributed by atoms with Crippen molar-refractivity contribution in [2.75, 3.05) is 13.1 Å². The van der Waals surface area contributed by atoms with Crippen molar-refractivity contribution < 1.29 is 9.90 Å². The normalized spacial score (nSPS) is 22.3. The summed E-state index contributed by atoms with van der Waals surface area (Å²) in [5, 5.41) is 19.4. The number of β-amino-alcohol motifs (C(OH)–C–C–N with tert-alkyl or cyclic N) is 1. The number of likely N-dealkylation sites (tertiary alicyclic amines) is 1. The van der Waals surface area contributed by atoms with Crippen molar-refractivity contribution in [1.82, 2.24) is 4.90 Å². The highest BCUT2D eigenvalue weighted by Crippen LogP contribution is 2.25. The second-order valence-electron chi connectivity index (χ2n) is 4.93. The zero-order chi connectivity index (χ0) is 13.9. The maximum Gasteiger partial charge on any atom is 0.227 e. The fourth-order valence-electron chi connectivity index (χ4n) is 2.25. The Morgan fingerprint density at radius 1 is 1.47 bits per heavy atom. The van der Waals surface area contributed by atoms with Gasteiger partial charge in [0.2, 0.25) is 5.91 Å². The van der Waals surface area contributed by atoms with E-state index in [9.17, 15) is 9.90 Å². The second-order valence-corrected chi connectivity index (χ2v) is 5.36. The molecule has 0 aromatic heterocycles. The molecule has 1 aromatic carbocycles. The molecule has 1 amide bonds. The minimum atomic E-state index is -1.04. The average molecular weight is 279 g/mol. The number of hydrogen-bond donors (Lipinski definition) is 1. The summed E-state index contributed by atoms with van der Waals surface area (Å²) in [6, 6.07) is 9.10. The number of hydrogen-bond acceptors (Lipinski definition) is 3. The molecule has 0 saturated carbocycles. The SMILES string of the molecule is N#CCC1(O)CCN(C(=O)Cc2ccc(Cl)cc2)C1. The summed E-state index contributed by atoms with van der Waals surface area (Å²) in [5.74, 6) is -0.0313. The highest BCUT2D eigenvalue weighted by molar-refractivity contribution is 6.30. The van der Waals surface area contributed by atoms with Crippen LogP contribution in [-0.4, -0.2) is 34.6 Å². The number of nitriles is 1. The summed E-state index contributed by atoms with van der Waals surface area (Å²) in [4.78, 5) is 13.7. The van der Waals surface area contributed by atoms with E-state index < -0.39 is 5.60 Å². The van der Waals surface area contributed by atoms with E-state index in [4.69, 9.17) is 16.9 Å². The number of carbonyl (C=O) groups excluding carboxylic acids is 1. The summed E-state index contributed by atoms with van der Waals surface area (Å²) in [7, 11) is 0. The summed E-state index contributed by atoms with van der Waals surface area (Å²) < 4.78 is 0. The Labute approximate surface area is 117 Å². The topological polar surface area (TPSA) is 64.3 Å². The number of carbonyl (C=O) groups is 1. The smallest absolute Gasteiger partial charge is 0.227 e. The molecule has 1 aliphatic heterocycles. The zero-order valence-electron chi connectivity index (χ0n) is 10.5. The van der Waals surface area contributed by atoms with Crippen LogP contribution in [0.15, 0.2) is 24.3 Å². The first kappa shape index (κ1) is 13.9. The van der Waals surface area contributed by atoms with Gasteiger partial charge >= 0.3 is 0 Å². The van der Waals surface area contributed by atoms with Crippen LogP contribution in [0.2, 0.25) is 5.02 Å². The quantitative estimate of drug-likeness (QED) is 0.916. The van der Waals surface area contributed by atoms with Crippen molar-refractivity contribution in [1.29, 1.82) is 5.26 Å². The summed E-state index contributed by atoms with van der Waals surface area (Å²) in [6.45, 7) is 0.748. The Hall–Kier alpha value is -1.57. The monoisotopic (exact) mass is 278 g/mol. The fraction of sp³-hybridized carbons (Fsp3) is 0.429. The van der Waals surface area contributed by atoms with Gasteiger partial charge in [-0.1, -0.05) is 23.7 Å². The molecule has 4 nitrogen and oxygen atoms in total. The first-order valence-electron chi connectivity index (χ1n) is 6.14. The number of aliphatic hydroxyl groups is 1. The van der Waals surface area contributed by atoms with Crippen LogP contribution in [0.1, 0.15) is 18.4 Å². The zero-order valence-corrected chi connectivity index (χ0v) is 11.2. The number of rotatable bonds is 3. The molecule has 1 aliphatic rings. The van der Waals surface area contributed by atoms with Gasteiger partial charge in [-0.3, -0.25) is 4.79 Å². The van der Waals surface area contributed by atoms with E-state index in [1.165, 1.54) is 0 Å². The summed E-state index contributed by atoms with van der Waals surface area (Å²) in [6.07, 6.45) is 0.824. The van der Waals surface area contributed by atoms with Crippen molar-refractivity contribution in [3.8, 4) is 6.07 Å². The molecule has 5 heteroatoms. The molecule has 100 valence electrons. The van der Waals surface area contributed by atoms with E-state index in [1.54, 1.807) is 17.0 Å². The lowest BCUT2D eigenvalue weighted by molar-refractivity contribution is -0.130. The first-order chi connectivity index (χ1) is 9.02. The van der Waals surface area contributed by atoms with Crippen LogP contribution in [-0.2, 0) is 11.2 Å². The van der Waals surface area contributed by atoms with Crippen LogP contribution in [0.25, 0.3) is 0 Å². The van der Waals surface area contributed by atoms with E-state index in [-0.39, 0.29) is 18.9 Å². The second kappa shape index (κ2) is 5.60. The van der Waals surface area contributed by atoms with Gasteiger partial charge in [-0.25, -0.2) is 0 Å². The van der Waals surface area contributed by atoms with Crippen molar-refractivity contribution in [3.63, 3.8) is 0 Å². The predicted molar refractivity (Wildman–Crippen MR) is 71.5 cm³/mol. The van der Waals surface area contributed by atoms with Gasteiger partial charge in [0.15, 0.2) is 0 Å². The lowest BCUT2D eigenvalue weighted by Crippen LogP contribution is -2.36. The molecule has 0 spiro atoms. The molecule has 1 aromatic rings. The molecule has 0 bridgehead atoms. The van der Waals surface area contributed by atoms with Gasteiger partial charge in [0.1, 0.15) is 0 Å². The molecule has 19 heavy (non-hydrogen) atoms. The molecule has 0 radical (unpaired) electrons. The maximum atomic E-state index is 12.1. The van der Waals surface area contributed by atoms with E-state index in [1.807, 2.05) is 18.2 Å². The van der Waals surface area contributed by atoms with Crippen molar-refractivity contribution in [2.24, 2.45) is 0 Å². The highest BCUT2D eigenvalue weighted by atomic mass is 35.5. The Morgan fingerprint density at radius 3 is 2.79 bits per heavy atom. The number of nitrogens with zero attached hydrogens (tertiary/aromatic N) is 2. The number of benzene rings is 1. The van der Waals surface area contributed by atoms with Crippen LogP contribution in [0.3, 0.4) is 0 Å². The van der Waals surface area contributed by atoms with Crippen LogP contribution in [0.5, 0.6) is 0 Å². The lowest BCUT2D eigenvalue weighted by atomic mass is 10.0. The molecule has 1 atom stereocenters. The van der Waals surface area contributed by atoms with Crippen LogP contribution < -0.4 is 0 Å². The van der Waals surface area contributed by atoms with Gasteiger partial charge in [0.25, 0.3) is 0 Å². The summed E-state index contributed by atoms with van der Waals surface area (Å²) >= 11 is 5.79. The first-order valence-corrected chi connectivity index (χ1v) is 6.52. The van der Waals surface area contributed by atoms with Gasteiger partial charge in [-0.2, -0.15) is 5.26 Å². The summed E-state index contributed by atoms with van der Waals surface area (Å²) in [5.41, 5.74) is -0.144. The third-order valence-electron chi connectivity index (χ3n) is 3.36. The van der Waals surface area contributed by atoms with Crippen molar-refractivity contribution in [3.05, 3.63) is 34.9 Å². The van der Waals surface area contributed by atoms with E-state index in [2.05, 4.69) is 0 Å². The van der Waals surface area contributed by atoms with Gasteiger partial charge in [-0.05, 0) is 24.1 Å². The Balaban J connectivity index is 1.95. The van der Waals surface area contributed by atoms with E-state index >= 15 is 0 Å². The van der Waals surface area contributed by atoms with Gasteiger partial charge < -0.3 is 10.0 Å². The van der Waals surface area contributed by atoms with E-state index in [0.717, 1.165) is 5.56 Å². The fourth-order valence-corrected chi connectivity index (χ4v) is 2.38. The largest absolute Gasteiger partial charge is 0.387 e. The number of halogens is 1. The number of amides is 1. The predicted octanol–water partition coefficient (Wildman–Crippen LogP) is 1.76. The van der Waals surface area contributed by atoms with Crippen molar-refractivity contribution in [2.45, 2.75) is 24.9 Å². The third-order valence-corrected chi connectivity index (χ3v) is 3.61. The molecule has 1 saturated heterocycles. The minimum Gasteiger partial charge on any atom is -0.387 e. The minimum absolute atomic E-state index is 0.0313. The van der Waals surface area contributed by atoms with Crippen molar-refractivity contribution >= 4 is 17.5 Å². The van der Waals surface area contributed by atoms with Crippen LogP contribution in [0, 0.1) is 11.3 Å². The third kappa shape index (κ3) is 3.46. The molecular formula is C14H15ClN2O2. The maximum absolute atomic E-state index is 12.1. The lowest BCUT2D eigenvalue weighted by Gasteiger charge is -2.20. The van der Waals surface area contributed by atoms with Gasteiger partial charge in [0, 0.05) is 11.6 Å². The van der Waals surface area contributed by atoms with Crippen LogP contribution in [0.4, 0.5) is 0 Å². The molecule has 2 rings (SSSR count). The van der Waals surface area contributed by atoms with Crippen LogP contribution >= 0.6 is 11.6 Å². The Kier molecular flexibility index (Phi) is 4.08. The van der Waals surface area contributed by atoms with Gasteiger partial charge in [-0.15, -0.1) is 0 Å². The molecule has 1 fully saturated rings.